The molecule has 0 amide bonds. The van der Waals surface area contributed by atoms with Crippen LogP contribution in [0.4, 0.5) is 0 Å². The molecule has 0 aromatic rings. The average molecular weight is 208 g/mol. The van der Waals surface area contributed by atoms with E-state index in [-0.39, 0.29) is 0 Å². The second-order valence-corrected chi connectivity index (χ2v) is 3.37. The molecule has 0 saturated carbocycles. The van der Waals surface area contributed by atoms with Crippen molar-refractivity contribution < 1.29 is 4.74 Å². The molecule has 6 heteroatoms. The van der Waals surface area contributed by atoms with Crippen LogP contribution in [0.15, 0.2) is 29.1 Å². The van der Waals surface area contributed by atoms with E-state index in [0.717, 1.165) is 18.7 Å². The van der Waals surface area contributed by atoms with Gasteiger partial charge in [-0.25, -0.2) is 4.99 Å². The summed E-state index contributed by atoms with van der Waals surface area (Å²) in [6.07, 6.45) is 1.45. The first kappa shape index (κ1) is 11.6. The molecule has 0 aliphatic carbocycles. The second kappa shape index (κ2) is 5.45. The first-order valence-corrected chi connectivity index (χ1v) is 4.89. The minimum atomic E-state index is 0.457. The van der Waals surface area contributed by atoms with Gasteiger partial charge in [0.15, 0.2) is 13.7 Å². The molecule has 15 heavy (non-hydrogen) atoms. The van der Waals surface area contributed by atoms with Crippen molar-refractivity contribution in [1.29, 1.82) is 0 Å². The third-order valence-corrected chi connectivity index (χ3v) is 2.12. The molecule has 82 valence electrons. The van der Waals surface area contributed by atoms with Gasteiger partial charge < -0.3 is 21.1 Å². The van der Waals surface area contributed by atoms with Crippen LogP contribution in [0.1, 0.15) is 0 Å². The molecule has 0 spiro atoms. The van der Waals surface area contributed by atoms with E-state index in [1.807, 2.05) is 7.85 Å². The van der Waals surface area contributed by atoms with Gasteiger partial charge in [-0.3, -0.25) is 0 Å². The lowest BCUT2D eigenvalue weighted by Crippen LogP contribution is -2.42. The number of aliphatic imine (C=N–C) groups is 1. The number of amidine groups is 1. The van der Waals surface area contributed by atoms with E-state index < -0.39 is 0 Å². The van der Waals surface area contributed by atoms with Crippen molar-refractivity contribution in [3.05, 3.63) is 24.1 Å². The van der Waals surface area contributed by atoms with Crippen LogP contribution in [-0.2, 0) is 4.74 Å². The lowest BCUT2D eigenvalue weighted by atomic mass is 10.1. The molecule has 1 aliphatic heterocycles. The number of rotatable bonds is 2. The number of nitrogens with two attached hydrogens (primary N) is 2. The fourth-order valence-electron chi connectivity index (χ4n) is 1.33. The van der Waals surface area contributed by atoms with Crippen LogP contribution in [0.5, 0.6) is 0 Å². The largest absolute Gasteiger partial charge is 0.404 e. The molecular weight excluding hydrogens is 191 g/mol. The minimum Gasteiger partial charge on any atom is -0.404 e. The quantitative estimate of drug-likeness (QED) is 0.331. The first-order chi connectivity index (χ1) is 7.15. The summed E-state index contributed by atoms with van der Waals surface area (Å²) in [5.41, 5.74) is 12.2. The van der Waals surface area contributed by atoms with Gasteiger partial charge in [0.05, 0.1) is 18.9 Å². The highest BCUT2D eigenvalue weighted by atomic mass is 16.5. The predicted molar refractivity (Wildman–Crippen MR) is 64.0 cm³/mol. The summed E-state index contributed by atoms with van der Waals surface area (Å²) in [5, 5.41) is 0. The van der Waals surface area contributed by atoms with E-state index in [2.05, 4.69) is 16.5 Å². The molecule has 0 bridgehead atoms. The summed E-state index contributed by atoms with van der Waals surface area (Å²) in [6, 6.07) is 0. The van der Waals surface area contributed by atoms with E-state index >= 15 is 0 Å². The predicted octanol–water partition coefficient (Wildman–Crippen LogP) is -1.42. The lowest BCUT2D eigenvalue weighted by molar-refractivity contribution is 0.0682. The number of hydrogen-bond acceptors (Lipinski definition) is 4. The molecule has 0 radical (unpaired) electrons. The van der Waals surface area contributed by atoms with Crippen LogP contribution in [0.25, 0.3) is 0 Å². The highest BCUT2D eigenvalue weighted by Gasteiger charge is 2.15. The zero-order valence-corrected chi connectivity index (χ0v) is 9.07. The fraction of sp³-hybridized carbons (Fsp3) is 0.444. The summed E-state index contributed by atoms with van der Waals surface area (Å²) >= 11 is 0. The van der Waals surface area contributed by atoms with Gasteiger partial charge >= 0.3 is 0 Å². The van der Waals surface area contributed by atoms with Crippen molar-refractivity contribution in [2.75, 3.05) is 26.3 Å². The Labute approximate surface area is 90.9 Å². The average Bonchev–Trinajstić information content (AvgIpc) is 2.26. The van der Waals surface area contributed by atoms with Gasteiger partial charge in [0, 0.05) is 24.9 Å². The molecule has 1 saturated heterocycles. The minimum absolute atomic E-state index is 0.457. The molecule has 0 atom stereocenters. The first-order valence-electron chi connectivity index (χ1n) is 4.89. The Bertz CT molecular complexity index is 294. The Morgan fingerprint density at radius 1 is 1.47 bits per heavy atom. The lowest BCUT2D eigenvalue weighted by Gasteiger charge is -2.29. The highest BCUT2D eigenvalue weighted by Crippen LogP contribution is 2.04. The number of ether oxygens (including phenoxy) is 1. The summed E-state index contributed by atoms with van der Waals surface area (Å²) in [4.78, 5) is 6.37. The van der Waals surface area contributed by atoms with Crippen LogP contribution < -0.4 is 11.5 Å². The van der Waals surface area contributed by atoms with Crippen molar-refractivity contribution in [2.45, 2.75) is 0 Å². The standard InChI is InChI=1S/C9H17BN4O/c1-7(12)9(13-8(10)6-11)14-2-4-15-5-3-14/h6H,1-5,10-12H2/b8-6-,13-9+. The second-order valence-electron chi connectivity index (χ2n) is 3.37. The third-order valence-electron chi connectivity index (χ3n) is 2.12. The Hall–Kier alpha value is -1.43. The molecule has 1 fully saturated rings. The van der Waals surface area contributed by atoms with Crippen LogP contribution >= 0.6 is 0 Å². The SMILES string of the molecule is BC(=C/N)/N=C(\C(=C)N)N1CCOCC1. The monoisotopic (exact) mass is 208 g/mol. The van der Waals surface area contributed by atoms with Gasteiger partial charge in [-0.1, -0.05) is 6.58 Å². The molecular formula is C9H17BN4O. The van der Waals surface area contributed by atoms with Gasteiger partial charge in [-0.2, -0.15) is 0 Å². The Balaban J connectivity index is 2.81. The van der Waals surface area contributed by atoms with Crippen LogP contribution in [0.2, 0.25) is 0 Å². The Morgan fingerprint density at radius 2 is 2.07 bits per heavy atom. The zero-order chi connectivity index (χ0) is 11.3. The van der Waals surface area contributed by atoms with E-state index in [1.165, 1.54) is 6.20 Å². The third kappa shape index (κ3) is 3.32. The van der Waals surface area contributed by atoms with Crippen molar-refractivity contribution in [1.82, 2.24) is 4.90 Å². The van der Waals surface area contributed by atoms with Gasteiger partial charge in [-0.15, -0.1) is 0 Å². The summed E-state index contributed by atoms with van der Waals surface area (Å²) in [6.45, 7) is 6.67. The molecule has 5 nitrogen and oxygen atoms in total. The maximum Gasteiger partial charge on any atom is 0.165 e. The maximum absolute atomic E-state index is 5.69. The van der Waals surface area contributed by atoms with Crippen LogP contribution in [-0.4, -0.2) is 44.9 Å². The van der Waals surface area contributed by atoms with Crippen molar-refractivity contribution >= 4 is 13.7 Å². The van der Waals surface area contributed by atoms with Crippen LogP contribution in [0.3, 0.4) is 0 Å². The van der Waals surface area contributed by atoms with Crippen molar-refractivity contribution in [3.8, 4) is 0 Å². The molecule has 0 aromatic heterocycles. The number of morpholine rings is 1. The smallest absolute Gasteiger partial charge is 0.165 e. The zero-order valence-electron chi connectivity index (χ0n) is 9.07. The van der Waals surface area contributed by atoms with Crippen molar-refractivity contribution in [2.24, 2.45) is 16.5 Å². The fourth-order valence-corrected chi connectivity index (χ4v) is 1.33. The number of hydrogen-bond donors (Lipinski definition) is 2. The van der Waals surface area contributed by atoms with E-state index in [0.29, 0.717) is 24.7 Å². The molecule has 0 aromatic carbocycles. The summed E-state index contributed by atoms with van der Waals surface area (Å²) < 4.78 is 5.25. The van der Waals surface area contributed by atoms with E-state index in [4.69, 9.17) is 16.2 Å². The van der Waals surface area contributed by atoms with Gasteiger partial charge in [0.25, 0.3) is 0 Å². The van der Waals surface area contributed by atoms with Crippen molar-refractivity contribution in [3.63, 3.8) is 0 Å². The molecule has 1 rings (SSSR count). The molecule has 4 N–H and O–H groups in total. The Morgan fingerprint density at radius 3 is 2.53 bits per heavy atom. The van der Waals surface area contributed by atoms with Gasteiger partial charge in [-0.05, 0) is 0 Å². The highest BCUT2D eigenvalue weighted by molar-refractivity contribution is 6.22. The molecule has 0 unspecified atom stereocenters. The topological polar surface area (TPSA) is 76.9 Å². The molecule has 1 aliphatic rings. The Kier molecular flexibility index (Phi) is 4.24. The van der Waals surface area contributed by atoms with Gasteiger partial charge in [0.1, 0.15) is 0 Å². The molecule has 1 heterocycles. The number of nitrogens with zero attached hydrogens (tertiary/aromatic N) is 2. The maximum atomic E-state index is 5.69. The van der Waals surface area contributed by atoms with E-state index in [1.54, 1.807) is 0 Å². The summed E-state index contributed by atoms with van der Waals surface area (Å²) in [5.74, 6) is 0.692. The summed E-state index contributed by atoms with van der Waals surface area (Å²) in [7, 11) is 1.82. The van der Waals surface area contributed by atoms with Gasteiger partial charge in [0.2, 0.25) is 0 Å². The van der Waals surface area contributed by atoms with Crippen LogP contribution in [0, 0.1) is 0 Å². The normalized spacial score (nSPS) is 19.1. The van der Waals surface area contributed by atoms with E-state index in [9.17, 15) is 0 Å².